The van der Waals surface area contributed by atoms with Crippen LogP contribution in [0.3, 0.4) is 0 Å². The van der Waals surface area contributed by atoms with Gasteiger partial charge in [-0.2, -0.15) is 5.26 Å². The summed E-state index contributed by atoms with van der Waals surface area (Å²) in [6.07, 6.45) is 3.18. The minimum atomic E-state index is -0.559. The molecule has 1 aromatic carbocycles. The van der Waals surface area contributed by atoms with E-state index >= 15 is 0 Å². The monoisotopic (exact) mass is 328 g/mol. The van der Waals surface area contributed by atoms with Crippen LogP contribution in [-0.2, 0) is 11.3 Å². The van der Waals surface area contributed by atoms with Gasteiger partial charge in [0.25, 0.3) is 0 Å². The number of carbonyl (C=O) groups excluding carboxylic acids is 2. The molecule has 1 aliphatic rings. The predicted molar refractivity (Wildman–Crippen MR) is 91.0 cm³/mol. The minimum absolute atomic E-state index is 0.0381. The number of likely N-dealkylation sites (tertiary alicyclic amines) is 1. The fraction of sp³-hybridized carbons (Fsp3) is 0.500. The third-order valence-corrected chi connectivity index (χ3v) is 4.31. The molecule has 6 nitrogen and oxygen atoms in total. The fourth-order valence-corrected chi connectivity index (χ4v) is 2.92. The van der Waals surface area contributed by atoms with E-state index < -0.39 is 6.04 Å². The van der Waals surface area contributed by atoms with Crippen molar-refractivity contribution in [2.24, 2.45) is 0 Å². The fourth-order valence-electron chi connectivity index (χ4n) is 2.92. The lowest BCUT2D eigenvalue weighted by Gasteiger charge is -2.35. The molecule has 2 N–H and O–H groups in total. The van der Waals surface area contributed by atoms with Crippen LogP contribution in [0, 0.1) is 11.3 Å². The molecule has 0 spiro atoms. The van der Waals surface area contributed by atoms with Crippen LogP contribution in [0.15, 0.2) is 24.3 Å². The average molecular weight is 328 g/mol. The van der Waals surface area contributed by atoms with E-state index in [2.05, 4.69) is 16.7 Å². The second-order valence-corrected chi connectivity index (χ2v) is 6.24. The van der Waals surface area contributed by atoms with Crippen molar-refractivity contribution in [3.8, 4) is 6.07 Å². The zero-order valence-electron chi connectivity index (χ0n) is 14.2. The number of nitrogens with one attached hydrogen (secondary N) is 2. The Kier molecular flexibility index (Phi) is 6.19. The van der Waals surface area contributed by atoms with Crippen molar-refractivity contribution in [3.05, 3.63) is 35.4 Å². The van der Waals surface area contributed by atoms with Gasteiger partial charge in [0.2, 0.25) is 5.91 Å². The van der Waals surface area contributed by atoms with Crippen molar-refractivity contribution >= 4 is 11.9 Å². The molecule has 1 fully saturated rings. The van der Waals surface area contributed by atoms with E-state index in [0.29, 0.717) is 12.1 Å². The second-order valence-electron chi connectivity index (χ2n) is 6.24. The third-order valence-electron chi connectivity index (χ3n) is 4.31. The summed E-state index contributed by atoms with van der Waals surface area (Å²) in [6, 6.07) is 8.40. The molecule has 2 atom stereocenters. The van der Waals surface area contributed by atoms with Gasteiger partial charge in [0.15, 0.2) is 0 Å². The molecule has 1 heterocycles. The SMILES string of the molecule is CC(NC(=O)NCc1cccc(C#N)c1)C(=O)N1CCCCC1C. The maximum atomic E-state index is 12.4. The van der Waals surface area contributed by atoms with Crippen molar-refractivity contribution < 1.29 is 9.59 Å². The topological polar surface area (TPSA) is 85.2 Å². The number of nitriles is 1. The third kappa shape index (κ3) is 4.72. The lowest BCUT2D eigenvalue weighted by Crippen LogP contribution is -2.53. The van der Waals surface area contributed by atoms with Crippen molar-refractivity contribution in [2.75, 3.05) is 6.54 Å². The molecule has 0 radical (unpaired) electrons. The molecule has 2 rings (SSSR count). The van der Waals surface area contributed by atoms with Gasteiger partial charge >= 0.3 is 6.03 Å². The Labute approximate surface area is 142 Å². The van der Waals surface area contributed by atoms with E-state index in [9.17, 15) is 9.59 Å². The molecule has 1 aromatic rings. The molecule has 3 amide bonds. The molecular formula is C18H24N4O2. The molecule has 0 saturated carbocycles. The highest BCUT2D eigenvalue weighted by molar-refractivity contribution is 5.87. The maximum absolute atomic E-state index is 12.4. The Hall–Kier alpha value is -2.55. The summed E-state index contributed by atoms with van der Waals surface area (Å²) in [7, 11) is 0. The zero-order valence-corrected chi connectivity index (χ0v) is 14.2. The van der Waals surface area contributed by atoms with Crippen LogP contribution < -0.4 is 10.6 Å². The number of urea groups is 1. The lowest BCUT2D eigenvalue weighted by atomic mass is 10.0. The number of amides is 3. The Morgan fingerprint density at radius 3 is 2.92 bits per heavy atom. The molecule has 24 heavy (non-hydrogen) atoms. The van der Waals surface area contributed by atoms with Gasteiger partial charge in [-0.3, -0.25) is 4.79 Å². The number of carbonyl (C=O) groups is 2. The lowest BCUT2D eigenvalue weighted by molar-refractivity contribution is -0.136. The first kappa shape index (κ1) is 17.8. The van der Waals surface area contributed by atoms with Gasteiger partial charge in [-0.25, -0.2) is 4.79 Å². The van der Waals surface area contributed by atoms with Gasteiger partial charge in [-0.05, 0) is 50.8 Å². The summed E-state index contributed by atoms with van der Waals surface area (Å²) in [4.78, 5) is 26.3. The van der Waals surface area contributed by atoms with Gasteiger partial charge in [0.05, 0.1) is 11.6 Å². The number of rotatable bonds is 4. The van der Waals surface area contributed by atoms with Crippen molar-refractivity contribution in [3.63, 3.8) is 0 Å². The van der Waals surface area contributed by atoms with E-state index in [1.165, 1.54) is 0 Å². The number of hydrogen-bond acceptors (Lipinski definition) is 3. The number of hydrogen-bond donors (Lipinski definition) is 2. The summed E-state index contributed by atoms with van der Waals surface area (Å²) >= 11 is 0. The number of benzene rings is 1. The van der Waals surface area contributed by atoms with Crippen LogP contribution in [0.25, 0.3) is 0 Å². The van der Waals surface area contributed by atoms with Gasteiger partial charge in [-0.1, -0.05) is 12.1 Å². The van der Waals surface area contributed by atoms with Gasteiger partial charge < -0.3 is 15.5 Å². The molecule has 1 saturated heterocycles. The van der Waals surface area contributed by atoms with Crippen LogP contribution in [0.2, 0.25) is 0 Å². The van der Waals surface area contributed by atoms with Crippen LogP contribution in [-0.4, -0.2) is 35.5 Å². The van der Waals surface area contributed by atoms with Crippen LogP contribution in [0.1, 0.15) is 44.2 Å². The summed E-state index contributed by atoms with van der Waals surface area (Å²) in [5.74, 6) is -0.0381. The minimum Gasteiger partial charge on any atom is -0.338 e. The molecular weight excluding hydrogens is 304 g/mol. The highest BCUT2D eigenvalue weighted by Crippen LogP contribution is 2.17. The number of piperidine rings is 1. The molecule has 0 aromatic heterocycles. The van der Waals surface area contributed by atoms with Crippen LogP contribution in [0.4, 0.5) is 4.79 Å². The van der Waals surface area contributed by atoms with Crippen LogP contribution in [0.5, 0.6) is 0 Å². The van der Waals surface area contributed by atoms with E-state index in [-0.39, 0.29) is 18.0 Å². The average Bonchev–Trinajstić information content (AvgIpc) is 2.60. The molecule has 0 bridgehead atoms. The molecule has 1 aliphatic heterocycles. The Balaban J connectivity index is 1.82. The van der Waals surface area contributed by atoms with E-state index in [1.807, 2.05) is 17.9 Å². The van der Waals surface area contributed by atoms with Crippen molar-refractivity contribution in [1.82, 2.24) is 15.5 Å². The first-order valence-corrected chi connectivity index (χ1v) is 8.35. The largest absolute Gasteiger partial charge is 0.338 e. The molecule has 2 unspecified atom stereocenters. The summed E-state index contributed by atoms with van der Waals surface area (Å²) in [5.41, 5.74) is 1.39. The van der Waals surface area contributed by atoms with Gasteiger partial charge in [-0.15, -0.1) is 0 Å². The first-order chi connectivity index (χ1) is 11.5. The summed E-state index contributed by atoms with van der Waals surface area (Å²) < 4.78 is 0. The Morgan fingerprint density at radius 2 is 2.21 bits per heavy atom. The highest BCUT2D eigenvalue weighted by atomic mass is 16.2. The molecule has 0 aliphatic carbocycles. The van der Waals surface area contributed by atoms with Gasteiger partial charge in [0.1, 0.15) is 6.04 Å². The Bertz CT molecular complexity index is 638. The standard InChI is InChI=1S/C18H24N4O2/c1-13-6-3-4-9-22(13)17(23)14(2)21-18(24)20-12-16-8-5-7-15(10-16)11-19/h5,7-8,10,13-14H,3-4,6,9,12H2,1-2H3,(H2,20,21,24). The Morgan fingerprint density at radius 1 is 1.42 bits per heavy atom. The molecule has 128 valence electrons. The second kappa shape index (κ2) is 8.34. The summed E-state index contributed by atoms with van der Waals surface area (Å²) in [5, 5.41) is 14.3. The highest BCUT2D eigenvalue weighted by Gasteiger charge is 2.27. The maximum Gasteiger partial charge on any atom is 0.315 e. The zero-order chi connectivity index (χ0) is 17.5. The normalized spacial score (nSPS) is 18.4. The van der Waals surface area contributed by atoms with Crippen molar-refractivity contribution in [2.45, 2.75) is 51.7 Å². The van der Waals surface area contributed by atoms with Crippen molar-refractivity contribution in [1.29, 1.82) is 5.26 Å². The van der Waals surface area contributed by atoms with E-state index in [1.54, 1.807) is 25.1 Å². The smallest absolute Gasteiger partial charge is 0.315 e. The van der Waals surface area contributed by atoms with E-state index in [4.69, 9.17) is 5.26 Å². The van der Waals surface area contributed by atoms with Gasteiger partial charge in [0, 0.05) is 19.1 Å². The molecule has 6 heteroatoms. The first-order valence-electron chi connectivity index (χ1n) is 8.35. The van der Waals surface area contributed by atoms with Crippen LogP contribution >= 0.6 is 0 Å². The number of nitrogens with zero attached hydrogens (tertiary/aromatic N) is 2. The quantitative estimate of drug-likeness (QED) is 0.888. The van der Waals surface area contributed by atoms with E-state index in [0.717, 1.165) is 31.4 Å². The predicted octanol–water partition coefficient (Wildman–Crippen LogP) is 2.15. The summed E-state index contributed by atoms with van der Waals surface area (Å²) in [6.45, 7) is 4.82.